The molecule has 1 amide bonds. The molecule has 2 aliphatic heterocycles. The van der Waals surface area contributed by atoms with E-state index in [1.165, 1.54) is 0 Å². The second-order valence-corrected chi connectivity index (χ2v) is 7.55. The minimum atomic E-state index is 0.122. The van der Waals surface area contributed by atoms with Gasteiger partial charge in [0.1, 0.15) is 19.5 Å². The molecule has 0 bridgehead atoms. The maximum absolute atomic E-state index is 12.7. The third-order valence-electron chi connectivity index (χ3n) is 4.86. The normalized spacial score (nSPS) is 19.0. The molecule has 0 aliphatic carbocycles. The first-order valence-corrected chi connectivity index (χ1v) is 10.0. The number of nitrogens with zero attached hydrogens (tertiary/aromatic N) is 2. The summed E-state index contributed by atoms with van der Waals surface area (Å²) in [6.45, 7) is 3.89. The summed E-state index contributed by atoms with van der Waals surface area (Å²) >= 11 is 1.60. The van der Waals surface area contributed by atoms with Crippen LogP contribution in [0.25, 0.3) is 0 Å². The van der Waals surface area contributed by atoms with Crippen LogP contribution in [0.3, 0.4) is 0 Å². The number of likely N-dealkylation sites (tertiary alicyclic amines) is 1. The summed E-state index contributed by atoms with van der Waals surface area (Å²) in [5.74, 6) is 2.96. The molecule has 1 aromatic heterocycles. The number of carbonyl (C=O) groups is 1. The monoisotopic (exact) mass is 374 g/mol. The highest BCUT2D eigenvalue weighted by Crippen LogP contribution is 2.38. The van der Waals surface area contributed by atoms with Crippen molar-refractivity contribution in [3.05, 3.63) is 41.3 Å². The van der Waals surface area contributed by atoms with Crippen molar-refractivity contribution in [1.29, 1.82) is 0 Å². The number of fused-ring (bicyclic) bond motifs is 1. The van der Waals surface area contributed by atoms with E-state index >= 15 is 0 Å². The Morgan fingerprint density at radius 1 is 1.31 bits per heavy atom. The number of thioether (sulfide) groups is 1. The number of benzene rings is 1. The maximum Gasteiger partial charge on any atom is 0.233 e. The lowest BCUT2D eigenvalue weighted by atomic mass is 10.0. The summed E-state index contributed by atoms with van der Waals surface area (Å²) in [5.41, 5.74) is 3.06. The van der Waals surface area contributed by atoms with E-state index in [9.17, 15) is 4.79 Å². The first kappa shape index (κ1) is 17.3. The average Bonchev–Trinajstić information content (AvgIpc) is 3.31. The van der Waals surface area contributed by atoms with Gasteiger partial charge in [-0.3, -0.25) is 4.79 Å². The van der Waals surface area contributed by atoms with Crippen molar-refractivity contribution in [3.63, 3.8) is 0 Å². The molecule has 1 aromatic carbocycles. The van der Waals surface area contributed by atoms with E-state index in [1.807, 2.05) is 24.0 Å². The number of hydrogen-bond donors (Lipinski definition) is 0. The molecule has 0 saturated carbocycles. The number of rotatable bonds is 5. The number of hydrogen-bond acceptors (Lipinski definition) is 6. The Bertz CT molecular complexity index is 792. The third-order valence-corrected chi connectivity index (χ3v) is 5.82. The molecule has 138 valence electrons. The topological polar surface area (TPSA) is 64.8 Å². The number of carbonyl (C=O) groups excluding carboxylic acids is 1. The van der Waals surface area contributed by atoms with Crippen molar-refractivity contribution in [2.24, 2.45) is 0 Å². The van der Waals surface area contributed by atoms with Gasteiger partial charge in [-0.2, -0.15) is 0 Å². The largest absolute Gasteiger partial charge is 0.486 e. The quantitative estimate of drug-likeness (QED) is 0.800. The van der Waals surface area contributed by atoms with E-state index in [1.54, 1.807) is 18.0 Å². The molecule has 2 aromatic rings. The molecule has 6 nitrogen and oxygen atoms in total. The molecule has 1 fully saturated rings. The lowest BCUT2D eigenvalue weighted by molar-refractivity contribution is -0.129. The maximum atomic E-state index is 12.7. The van der Waals surface area contributed by atoms with Crippen molar-refractivity contribution in [2.45, 2.75) is 31.6 Å². The van der Waals surface area contributed by atoms with E-state index in [-0.39, 0.29) is 11.9 Å². The predicted octanol–water partition coefficient (Wildman–Crippen LogP) is 3.35. The molecule has 1 unspecified atom stereocenters. The third kappa shape index (κ3) is 3.53. The summed E-state index contributed by atoms with van der Waals surface area (Å²) in [4.78, 5) is 14.7. The molecule has 7 heteroatoms. The SMILES string of the molecule is Cc1nocc1CSCC(=O)N1CCCC1c1ccc2c(c1)OCCO2. The van der Waals surface area contributed by atoms with E-state index in [0.717, 1.165) is 53.5 Å². The van der Waals surface area contributed by atoms with Gasteiger partial charge in [-0.05, 0) is 37.5 Å². The Hall–Kier alpha value is -2.15. The molecule has 1 saturated heterocycles. The van der Waals surface area contributed by atoms with Crippen molar-refractivity contribution in [3.8, 4) is 11.5 Å². The van der Waals surface area contributed by atoms with Gasteiger partial charge in [0, 0.05) is 17.9 Å². The average molecular weight is 374 g/mol. The van der Waals surface area contributed by atoms with Crippen LogP contribution in [0.5, 0.6) is 11.5 Å². The van der Waals surface area contributed by atoms with Crippen LogP contribution in [0.4, 0.5) is 0 Å². The summed E-state index contributed by atoms with van der Waals surface area (Å²) in [5, 5.41) is 3.87. The standard InChI is InChI=1S/C19H22N2O4S/c1-13-15(10-25-20-13)11-26-12-19(22)21-6-2-3-16(21)14-4-5-17-18(9-14)24-8-7-23-17/h4-5,9-10,16H,2-3,6-8,11-12H2,1H3. The van der Waals surface area contributed by atoms with Crippen molar-refractivity contribution < 1.29 is 18.8 Å². The lowest BCUT2D eigenvalue weighted by Crippen LogP contribution is -2.32. The Labute approximate surface area is 156 Å². The van der Waals surface area contributed by atoms with Crippen LogP contribution in [0.1, 0.15) is 35.7 Å². The van der Waals surface area contributed by atoms with E-state index in [2.05, 4.69) is 11.2 Å². The van der Waals surface area contributed by atoms with Gasteiger partial charge < -0.3 is 18.9 Å². The minimum Gasteiger partial charge on any atom is -0.486 e. The van der Waals surface area contributed by atoms with Gasteiger partial charge in [0.05, 0.1) is 17.5 Å². The highest BCUT2D eigenvalue weighted by Gasteiger charge is 2.30. The highest BCUT2D eigenvalue weighted by molar-refractivity contribution is 7.99. The Kier molecular flexibility index (Phi) is 5.06. The molecule has 4 rings (SSSR count). The smallest absolute Gasteiger partial charge is 0.233 e. The van der Waals surface area contributed by atoms with Crippen molar-refractivity contribution in [2.75, 3.05) is 25.5 Å². The van der Waals surface area contributed by atoms with E-state index < -0.39 is 0 Å². The second-order valence-electron chi connectivity index (χ2n) is 6.57. The van der Waals surface area contributed by atoms with E-state index in [0.29, 0.717) is 19.0 Å². The fourth-order valence-electron chi connectivity index (χ4n) is 3.46. The van der Waals surface area contributed by atoms with Crippen LogP contribution in [-0.2, 0) is 10.5 Å². The summed E-state index contributed by atoms with van der Waals surface area (Å²) in [6.07, 6.45) is 3.67. The Morgan fingerprint density at radius 3 is 2.96 bits per heavy atom. The first-order valence-electron chi connectivity index (χ1n) is 8.89. The van der Waals surface area contributed by atoms with Crippen LogP contribution in [-0.4, -0.2) is 41.5 Å². The summed E-state index contributed by atoms with van der Waals surface area (Å²) in [7, 11) is 0. The predicted molar refractivity (Wildman–Crippen MR) is 98.5 cm³/mol. The van der Waals surface area contributed by atoms with Crippen LogP contribution in [0, 0.1) is 6.92 Å². The molecule has 26 heavy (non-hydrogen) atoms. The summed E-state index contributed by atoms with van der Waals surface area (Å²) in [6, 6.07) is 6.15. The molecule has 3 heterocycles. The van der Waals surface area contributed by atoms with Gasteiger partial charge >= 0.3 is 0 Å². The zero-order valence-electron chi connectivity index (χ0n) is 14.8. The molecular weight excluding hydrogens is 352 g/mol. The zero-order valence-corrected chi connectivity index (χ0v) is 15.6. The molecule has 0 spiro atoms. The fraction of sp³-hybridized carbons (Fsp3) is 0.474. The molecule has 2 aliphatic rings. The molecular formula is C19H22N2O4S. The molecule has 1 atom stereocenters. The lowest BCUT2D eigenvalue weighted by Gasteiger charge is -2.26. The molecule has 0 N–H and O–H groups in total. The second kappa shape index (κ2) is 7.61. The van der Waals surface area contributed by atoms with Gasteiger partial charge in [-0.1, -0.05) is 11.2 Å². The number of aromatic nitrogens is 1. The van der Waals surface area contributed by atoms with Crippen LogP contribution in [0.15, 0.2) is 29.0 Å². The van der Waals surface area contributed by atoms with Crippen LogP contribution >= 0.6 is 11.8 Å². The molecule has 0 radical (unpaired) electrons. The Morgan fingerprint density at radius 2 is 2.15 bits per heavy atom. The van der Waals surface area contributed by atoms with Crippen LogP contribution in [0.2, 0.25) is 0 Å². The Balaban J connectivity index is 1.39. The fourth-order valence-corrected chi connectivity index (χ4v) is 4.40. The van der Waals surface area contributed by atoms with Gasteiger partial charge in [-0.15, -0.1) is 11.8 Å². The van der Waals surface area contributed by atoms with E-state index in [4.69, 9.17) is 14.0 Å². The first-order chi connectivity index (χ1) is 12.7. The number of aryl methyl sites for hydroxylation is 1. The summed E-state index contributed by atoms with van der Waals surface area (Å²) < 4.78 is 16.2. The highest BCUT2D eigenvalue weighted by atomic mass is 32.2. The zero-order chi connectivity index (χ0) is 17.9. The minimum absolute atomic E-state index is 0.122. The van der Waals surface area contributed by atoms with Crippen molar-refractivity contribution >= 4 is 17.7 Å². The van der Waals surface area contributed by atoms with Crippen LogP contribution < -0.4 is 9.47 Å². The van der Waals surface area contributed by atoms with Gasteiger partial charge in [-0.25, -0.2) is 0 Å². The number of amides is 1. The van der Waals surface area contributed by atoms with Crippen molar-refractivity contribution in [1.82, 2.24) is 10.1 Å². The number of ether oxygens (including phenoxy) is 2. The van der Waals surface area contributed by atoms with Gasteiger partial charge in [0.25, 0.3) is 0 Å². The van der Waals surface area contributed by atoms with Gasteiger partial charge in [0.2, 0.25) is 5.91 Å². The van der Waals surface area contributed by atoms with Gasteiger partial charge in [0.15, 0.2) is 11.5 Å².